The van der Waals surface area contributed by atoms with E-state index < -0.39 is 11.8 Å². The molecule has 0 unspecified atom stereocenters. The van der Waals surface area contributed by atoms with E-state index in [0.717, 1.165) is 0 Å². The zero-order valence-electron chi connectivity index (χ0n) is 16.9. The molecule has 0 spiro atoms. The van der Waals surface area contributed by atoms with Crippen molar-refractivity contribution in [2.75, 3.05) is 13.1 Å². The van der Waals surface area contributed by atoms with Crippen LogP contribution in [0, 0.1) is 22.7 Å². The van der Waals surface area contributed by atoms with Crippen molar-refractivity contribution in [1.29, 1.82) is 10.5 Å². The molecule has 5 N–H and O–H groups in total. The predicted octanol–water partition coefficient (Wildman–Crippen LogP) is 1.94. The average molecular weight is 432 g/mol. The second-order valence-corrected chi connectivity index (χ2v) is 6.55. The fraction of sp³-hybridized carbons (Fsp3) is 0.130. The SMILES string of the molecule is N#C/C(=C\c1cccc(O)c1)C(=O)NCCCNC(=O)/C(C#N)=C/c1ccc(O)c(O)c1. The quantitative estimate of drug-likeness (QED) is 0.184. The van der Waals surface area contributed by atoms with Crippen molar-refractivity contribution < 1.29 is 24.9 Å². The number of carbonyl (C=O) groups is 2. The Balaban J connectivity index is 1.84. The lowest BCUT2D eigenvalue weighted by Crippen LogP contribution is -2.30. The van der Waals surface area contributed by atoms with Crippen LogP contribution in [0.15, 0.2) is 53.6 Å². The Hall–Kier alpha value is -4.76. The van der Waals surface area contributed by atoms with Gasteiger partial charge in [-0.3, -0.25) is 9.59 Å². The smallest absolute Gasteiger partial charge is 0.261 e. The average Bonchev–Trinajstić information content (AvgIpc) is 2.77. The highest BCUT2D eigenvalue weighted by molar-refractivity contribution is 6.02. The van der Waals surface area contributed by atoms with E-state index >= 15 is 0 Å². The van der Waals surface area contributed by atoms with Gasteiger partial charge in [-0.15, -0.1) is 0 Å². The Kier molecular flexibility index (Phi) is 8.40. The fourth-order valence-electron chi connectivity index (χ4n) is 2.56. The number of phenolic OH excluding ortho intramolecular Hbond substituents is 3. The van der Waals surface area contributed by atoms with E-state index in [1.807, 2.05) is 0 Å². The summed E-state index contributed by atoms with van der Waals surface area (Å²) >= 11 is 0. The molecule has 0 bridgehead atoms. The largest absolute Gasteiger partial charge is 0.508 e. The van der Waals surface area contributed by atoms with Crippen LogP contribution in [0.2, 0.25) is 0 Å². The van der Waals surface area contributed by atoms with Gasteiger partial charge in [-0.1, -0.05) is 18.2 Å². The molecule has 2 amide bonds. The minimum Gasteiger partial charge on any atom is -0.508 e. The van der Waals surface area contributed by atoms with Crippen molar-refractivity contribution in [1.82, 2.24) is 10.6 Å². The first kappa shape index (κ1) is 23.5. The number of hydrogen-bond acceptors (Lipinski definition) is 7. The van der Waals surface area contributed by atoms with Crippen LogP contribution in [0.25, 0.3) is 12.2 Å². The normalized spacial score (nSPS) is 11.2. The molecule has 0 atom stereocenters. The van der Waals surface area contributed by atoms with Gasteiger partial charge in [0.05, 0.1) is 0 Å². The Morgan fingerprint density at radius 2 is 1.38 bits per heavy atom. The number of nitrogens with one attached hydrogen (secondary N) is 2. The van der Waals surface area contributed by atoms with Crippen molar-refractivity contribution in [3.8, 4) is 29.4 Å². The predicted molar refractivity (Wildman–Crippen MR) is 116 cm³/mol. The van der Waals surface area contributed by atoms with Gasteiger partial charge in [0.1, 0.15) is 29.0 Å². The molecule has 0 fully saturated rings. The third kappa shape index (κ3) is 6.94. The maximum absolute atomic E-state index is 12.1. The van der Waals surface area contributed by atoms with Crippen LogP contribution >= 0.6 is 0 Å². The Morgan fingerprint density at radius 3 is 1.88 bits per heavy atom. The molecule has 0 heterocycles. The second-order valence-electron chi connectivity index (χ2n) is 6.55. The van der Waals surface area contributed by atoms with Crippen LogP contribution in [0.1, 0.15) is 17.5 Å². The maximum Gasteiger partial charge on any atom is 0.261 e. The van der Waals surface area contributed by atoms with E-state index in [9.17, 15) is 35.4 Å². The summed E-state index contributed by atoms with van der Waals surface area (Å²) in [6.45, 7) is 0.340. The number of hydrogen-bond donors (Lipinski definition) is 5. The fourth-order valence-corrected chi connectivity index (χ4v) is 2.56. The number of phenols is 3. The number of benzene rings is 2. The molecule has 2 aromatic rings. The van der Waals surface area contributed by atoms with Gasteiger partial charge in [-0.05, 0) is 54.0 Å². The first-order valence-electron chi connectivity index (χ1n) is 9.45. The zero-order valence-corrected chi connectivity index (χ0v) is 16.9. The molecule has 0 saturated carbocycles. The molecular weight excluding hydrogens is 412 g/mol. The van der Waals surface area contributed by atoms with Gasteiger partial charge in [0, 0.05) is 13.1 Å². The summed E-state index contributed by atoms with van der Waals surface area (Å²) in [4.78, 5) is 24.3. The summed E-state index contributed by atoms with van der Waals surface area (Å²) in [6.07, 6.45) is 2.96. The maximum atomic E-state index is 12.1. The van der Waals surface area contributed by atoms with Gasteiger partial charge in [0.2, 0.25) is 0 Å². The third-order valence-corrected chi connectivity index (χ3v) is 4.15. The minimum atomic E-state index is -0.632. The number of rotatable bonds is 8. The molecule has 0 aliphatic rings. The van der Waals surface area contributed by atoms with Crippen molar-refractivity contribution >= 4 is 24.0 Å². The lowest BCUT2D eigenvalue weighted by atomic mass is 10.1. The first-order chi connectivity index (χ1) is 15.3. The Labute approximate surface area is 184 Å². The molecule has 0 radical (unpaired) electrons. The molecule has 0 aromatic heterocycles. The van der Waals surface area contributed by atoms with E-state index in [1.54, 1.807) is 24.3 Å². The summed E-state index contributed by atoms with van der Waals surface area (Å²) in [5.74, 6) is -1.90. The van der Waals surface area contributed by atoms with Crippen LogP contribution in [-0.4, -0.2) is 40.2 Å². The molecule has 9 heteroatoms. The van der Waals surface area contributed by atoms with Crippen LogP contribution in [-0.2, 0) is 9.59 Å². The summed E-state index contributed by atoms with van der Waals surface area (Å²) < 4.78 is 0. The van der Waals surface area contributed by atoms with E-state index in [1.165, 1.54) is 42.5 Å². The number of amides is 2. The summed E-state index contributed by atoms with van der Waals surface area (Å²) in [6, 6.07) is 13.6. The molecule has 0 aliphatic carbocycles. The van der Waals surface area contributed by atoms with Crippen LogP contribution in [0.5, 0.6) is 17.2 Å². The molecule has 2 aromatic carbocycles. The van der Waals surface area contributed by atoms with Crippen molar-refractivity contribution in [3.63, 3.8) is 0 Å². The number of aromatic hydroxyl groups is 3. The third-order valence-electron chi connectivity index (χ3n) is 4.15. The van der Waals surface area contributed by atoms with Gasteiger partial charge in [0.25, 0.3) is 11.8 Å². The summed E-state index contributed by atoms with van der Waals surface area (Å²) in [5, 5.41) is 51.7. The number of carbonyl (C=O) groups excluding carboxylic acids is 2. The van der Waals surface area contributed by atoms with E-state index in [-0.39, 0.29) is 41.5 Å². The number of nitrogens with zero attached hydrogens (tertiary/aromatic N) is 2. The zero-order chi connectivity index (χ0) is 23.5. The molecule has 32 heavy (non-hydrogen) atoms. The first-order valence-corrected chi connectivity index (χ1v) is 9.45. The standard InChI is InChI=1S/C23H20N4O5/c24-13-17(9-15-3-1-4-19(28)11-15)22(31)26-7-2-8-27-23(32)18(14-25)10-16-5-6-20(29)21(30)12-16/h1,3-6,9-12,28-30H,2,7-8H2,(H,26,31)(H,27,32)/b17-9+,18-10+. The van der Waals surface area contributed by atoms with Gasteiger partial charge in [-0.25, -0.2) is 0 Å². The molecule has 0 saturated heterocycles. The molecule has 0 aliphatic heterocycles. The van der Waals surface area contributed by atoms with Gasteiger partial charge in [0.15, 0.2) is 11.5 Å². The van der Waals surface area contributed by atoms with Crippen molar-refractivity contribution in [2.24, 2.45) is 0 Å². The molecular formula is C23H20N4O5. The van der Waals surface area contributed by atoms with Gasteiger partial charge < -0.3 is 26.0 Å². The van der Waals surface area contributed by atoms with E-state index in [2.05, 4.69) is 10.6 Å². The van der Waals surface area contributed by atoms with Crippen molar-refractivity contribution in [2.45, 2.75) is 6.42 Å². The Morgan fingerprint density at radius 1 is 0.812 bits per heavy atom. The Bertz CT molecular complexity index is 1160. The van der Waals surface area contributed by atoms with Crippen LogP contribution < -0.4 is 10.6 Å². The van der Waals surface area contributed by atoms with E-state index in [4.69, 9.17) is 0 Å². The summed E-state index contributed by atoms with van der Waals surface area (Å²) in [5.41, 5.74) is 0.537. The minimum absolute atomic E-state index is 0.0141. The lowest BCUT2D eigenvalue weighted by molar-refractivity contribution is -0.117. The van der Waals surface area contributed by atoms with Crippen molar-refractivity contribution in [3.05, 3.63) is 64.7 Å². The molecule has 9 nitrogen and oxygen atoms in total. The lowest BCUT2D eigenvalue weighted by Gasteiger charge is -2.06. The van der Waals surface area contributed by atoms with E-state index in [0.29, 0.717) is 17.5 Å². The monoisotopic (exact) mass is 432 g/mol. The van der Waals surface area contributed by atoms with Crippen LogP contribution in [0.3, 0.4) is 0 Å². The van der Waals surface area contributed by atoms with Crippen LogP contribution in [0.4, 0.5) is 0 Å². The molecule has 2 rings (SSSR count). The van der Waals surface area contributed by atoms with Gasteiger partial charge >= 0.3 is 0 Å². The second kappa shape index (κ2) is 11.4. The topological polar surface area (TPSA) is 166 Å². The highest BCUT2D eigenvalue weighted by Crippen LogP contribution is 2.25. The highest BCUT2D eigenvalue weighted by atomic mass is 16.3. The highest BCUT2D eigenvalue weighted by Gasteiger charge is 2.11. The van der Waals surface area contributed by atoms with Gasteiger partial charge in [-0.2, -0.15) is 10.5 Å². The molecule has 162 valence electrons. The summed E-state index contributed by atoms with van der Waals surface area (Å²) in [7, 11) is 0. The number of nitriles is 2.